The fourth-order valence-electron chi connectivity index (χ4n) is 1.87. The fourth-order valence-corrected chi connectivity index (χ4v) is 2.79. The van der Waals surface area contributed by atoms with Gasteiger partial charge in [-0.15, -0.1) is 11.3 Å². The van der Waals surface area contributed by atoms with Gasteiger partial charge in [-0.2, -0.15) is 0 Å². The maximum atomic E-state index is 12.0. The average Bonchev–Trinajstić information content (AvgIpc) is 2.80. The molecule has 0 fully saturated rings. The molecule has 0 atom stereocenters. The second-order valence-corrected chi connectivity index (χ2v) is 5.73. The van der Waals surface area contributed by atoms with Crippen LogP contribution in [0.5, 0.6) is 5.75 Å². The van der Waals surface area contributed by atoms with Crippen LogP contribution in [0.1, 0.15) is 20.8 Å². The van der Waals surface area contributed by atoms with Gasteiger partial charge < -0.3 is 15.2 Å². The van der Waals surface area contributed by atoms with Crippen molar-refractivity contribution < 1.29 is 19.4 Å². The quantitative estimate of drug-likeness (QED) is 0.890. The van der Waals surface area contributed by atoms with Crippen molar-refractivity contribution in [1.29, 1.82) is 0 Å². The third-order valence-electron chi connectivity index (χ3n) is 2.86. The van der Waals surface area contributed by atoms with E-state index in [4.69, 9.17) is 9.84 Å². The van der Waals surface area contributed by atoms with Crippen LogP contribution in [0, 0.1) is 6.92 Å². The van der Waals surface area contributed by atoms with Crippen molar-refractivity contribution in [3.63, 3.8) is 0 Å². The van der Waals surface area contributed by atoms with Crippen LogP contribution < -0.4 is 10.1 Å². The number of aromatic carboxylic acids is 1. The summed E-state index contributed by atoms with van der Waals surface area (Å²) in [5, 5.41) is 12.1. The Hall–Kier alpha value is -2.34. The molecule has 0 saturated carbocycles. The minimum absolute atomic E-state index is 0.126. The van der Waals surface area contributed by atoms with E-state index < -0.39 is 5.97 Å². The van der Waals surface area contributed by atoms with Crippen molar-refractivity contribution in [3.05, 3.63) is 46.3 Å². The van der Waals surface area contributed by atoms with Crippen LogP contribution in [-0.2, 0) is 11.2 Å². The number of thiophene rings is 1. The summed E-state index contributed by atoms with van der Waals surface area (Å²) in [6, 6.07) is 8.71. The predicted molar refractivity (Wildman–Crippen MR) is 81.3 cm³/mol. The van der Waals surface area contributed by atoms with Gasteiger partial charge in [-0.25, -0.2) is 4.79 Å². The van der Waals surface area contributed by atoms with E-state index in [0.29, 0.717) is 5.00 Å². The maximum Gasteiger partial charge on any atom is 0.338 e. The molecule has 2 rings (SSSR count). The van der Waals surface area contributed by atoms with Crippen molar-refractivity contribution in [1.82, 2.24) is 0 Å². The highest BCUT2D eigenvalue weighted by Crippen LogP contribution is 2.27. The first-order valence-corrected chi connectivity index (χ1v) is 7.07. The number of carboxylic acid groups (broad SMARTS) is 1. The van der Waals surface area contributed by atoms with Gasteiger partial charge in [0, 0.05) is 4.88 Å². The zero-order valence-corrected chi connectivity index (χ0v) is 12.5. The number of anilines is 1. The van der Waals surface area contributed by atoms with Gasteiger partial charge in [-0.05, 0) is 30.7 Å². The van der Waals surface area contributed by atoms with E-state index in [1.165, 1.54) is 11.3 Å². The number of methoxy groups -OCH3 is 1. The van der Waals surface area contributed by atoms with E-state index in [2.05, 4.69) is 5.32 Å². The SMILES string of the molecule is COc1ccc(CC(=O)Nc2sc(C)cc2C(=O)O)cc1. The number of nitrogens with one attached hydrogen (secondary N) is 1. The van der Waals surface area contributed by atoms with Gasteiger partial charge in [0.1, 0.15) is 10.8 Å². The molecule has 6 heteroatoms. The van der Waals surface area contributed by atoms with E-state index in [1.54, 1.807) is 44.4 Å². The van der Waals surface area contributed by atoms with E-state index in [9.17, 15) is 9.59 Å². The molecule has 0 bridgehead atoms. The van der Waals surface area contributed by atoms with Crippen LogP contribution >= 0.6 is 11.3 Å². The van der Waals surface area contributed by atoms with Gasteiger partial charge in [0.05, 0.1) is 19.1 Å². The Labute approximate surface area is 126 Å². The minimum atomic E-state index is -1.04. The molecule has 0 saturated heterocycles. The average molecular weight is 305 g/mol. The number of hydrogen-bond donors (Lipinski definition) is 2. The number of ether oxygens (including phenoxy) is 1. The summed E-state index contributed by atoms with van der Waals surface area (Å²) < 4.78 is 5.05. The van der Waals surface area contributed by atoms with Gasteiger partial charge >= 0.3 is 5.97 Å². The lowest BCUT2D eigenvalue weighted by Crippen LogP contribution is -2.15. The summed E-state index contributed by atoms with van der Waals surface area (Å²) in [4.78, 5) is 23.9. The molecule has 110 valence electrons. The molecule has 2 aromatic rings. The predicted octanol–water partition coefficient (Wildman–Crippen LogP) is 2.94. The Bertz CT molecular complexity index is 661. The molecular formula is C15H15NO4S. The van der Waals surface area contributed by atoms with Crippen LogP contribution in [0.2, 0.25) is 0 Å². The van der Waals surface area contributed by atoms with Crippen LogP contribution in [-0.4, -0.2) is 24.1 Å². The molecule has 5 nitrogen and oxygen atoms in total. The van der Waals surface area contributed by atoms with Crippen LogP contribution in [0.15, 0.2) is 30.3 Å². The highest BCUT2D eigenvalue weighted by atomic mass is 32.1. The number of carbonyl (C=O) groups is 2. The van der Waals surface area contributed by atoms with Gasteiger partial charge in [0.15, 0.2) is 0 Å². The normalized spacial score (nSPS) is 10.2. The second kappa shape index (κ2) is 6.41. The molecule has 1 aromatic carbocycles. The van der Waals surface area contributed by atoms with Gasteiger partial charge in [0.2, 0.25) is 5.91 Å². The van der Waals surface area contributed by atoms with Crippen molar-refractivity contribution in [2.75, 3.05) is 12.4 Å². The maximum absolute atomic E-state index is 12.0. The molecule has 21 heavy (non-hydrogen) atoms. The van der Waals surface area contributed by atoms with E-state index >= 15 is 0 Å². The number of aryl methyl sites for hydroxylation is 1. The van der Waals surface area contributed by atoms with Gasteiger partial charge in [-0.3, -0.25) is 4.79 Å². The number of rotatable bonds is 5. The third kappa shape index (κ3) is 3.82. The first-order chi connectivity index (χ1) is 9.99. The molecule has 0 aliphatic rings. The Morgan fingerprint density at radius 1 is 1.29 bits per heavy atom. The Morgan fingerprint density at radius 3 is 2.52 bits per heavy atom. The zero-order valence-electron chi connectivity index (χ0n) is 11.7. The van der Waals surface area contributed by atoms with E-state index in [-0.39, 0.29) is 17.9 Å². The smallest absolute Gasteiger partial charge is 0.338 e. The van der Waals surface area contributed by atoms with Gasteiger partial charge in [-0.1, -0.05) is 12.1 Å². The van der Waals surface area contributed by atoms with Crippen LogP contribution in [0.4, 0.5) is 5.00 Å². The molecular weight excluding hydrogens is 290 g/mol. The Kier molecular flexibility index (Phi) is 4.59. The third-order valence-corrected chi connectivity index (χ3v) is 3.83. The summed E-state index contributed by atoms with van der Waals surface area (Å²) in [5.41, 5.74) is 0.957. The fraction of sp³-hybridized carbons (Fsp3) is 0.200. The number of amides is 1. The summed E-state index contributed by atoms with van der Waals surface area (Å²) in [6.45, 7) is 1.80. The molecule has 0 radical (unpaired) electrons. The largest absolute Gasteiger partial charge is 0.497 e. The standard InChI is InChI=1S/C15H15NO4S/c1-9-7-12(15(18)19)14(21-9)16-13(17)8-10-3-5-11(20-2)6-4-10/h3-7H,8H2,1-2H3,(H,16,17)(H,18,19). The van der Waals surface area contributed by atoms with Crippen molar-refractivity contribution >= 4 is 28.2 Å². The lowest BCUT2D eigenvalue weighted by Gasteiger charge is -2.05. The van der Waals surface area contributed by atoms with Crippen molar-refractivity contribution in [2.24, 2.45) is 0 Å². The second-order valence-electron chi connectivity index (χ2n) is 4.48. The molecule has 0 spiro atoms. The molecule has 1 aromatic heterocycles. The minimum Gasteiger partial charge on any atom is -0.497 e. The molecule has 0 aliphatic heterocycles. The molecule has 2 N–H and O–H groups in total. The first-order valence-electron chi connectivity index (χ1n) is 6.26. The van der Waals surface area contributed by atoms with E-state index in [0.717, 1.165) is 16.2 Å². The lowest BCUT2D eigenvalue weighted by molar-refractivity contribution is -0.115. The monoisotopic (exact) mass is 305 g/mol. The lowest BCUT2D eigenvalue weighted by atomic mass is 10.1. The molecule has 0 unspecified atom stereocenters. The van der Waals surface area contributed by atoms with Crippen LogP contribution in [0.25, 0.3) is 0 Å². The number of benzene rings is 1. The summed E-state index contributed by atoms with van der Waals surface area (Å²) >= 11 is 1.25. The number of hydrogen-bond acceptors (Lipinski definition) is 4. The van der Waals surface area contributed by atoms with Crippen molar-refractivity contribution in [3.8, 4) is 5.75 Å². The topological polar surface area (TPSA) is 75.6 Å². The highest BCUT2D eigenvalue weighted by Gasteiger charge is 2.16. The summed E-state index contributed by atoms with van der Waals surface area (Å²) in [7, 11) is 1.58. The molecule has 0 aliphatic carbocycles. The van der Waals surface area contributed by atoms with Crippen molar-refractivity contribution in [2.45, 2.75) is 13.3 Å². The molecule has 1 heterocycles. The number of carbonyl (C=O) groups excluding carboxylic acids is 1. The van der Waals surface area contributed by atoms with E-state index in [1.807, 2.05) is 0 Å². The summed E-state index contributed by atoms with van der Waals surface area (Å²) in [6.07, 6.45) is 0.181. The Morgan fingerprint density at radius 2 is 1.95 bits per heavy atom. The molecule has 1 amide bonds. The first kappa shape index (κ1) is 15.1. The zero-order chi connectivity index (χ0) is 15.4. The Balaban J connectivity index is 2.06. The van der Waals surface area contributed by atoms with Gasteiger partial charge in [0.25, 0.3) is 0 Å². The highest BCUT2D eigenvalue weighted by molar-refractivity contribution is 7.16. The van der Waals surface area contributed by atoms with Crippen LogP contribution in [0.3, 0.4) is 0 Å². The number of carboxylic acids is 1. The summed E-state index contributed by atoms with van der Waals surface area (Å²) in [5.74, 6) is -0.565.